The minimum absolute atomic E-state index is 0.0655. The van der Waals surface area contributed by atoms with Crippen LogP contribution in [0.1, 0.15) is 33.1 Å². The first-order chi connectivity index (χ1) is 8.19. The van der Waals surface area contributed by atoms with Gasteiger partial charge in [0, 0.05) is 18.8 Å². The van der Waals surface area contributed by atoms with Crippen LogP contribution in [-0.4, -0.2) is 27.8 Å². The second-order valence-electron chi connectivity index (χ2n) is 4.64. The topological polar surface area (TPSA) is 59.0 Å². The van der Waals surface area contributed by atoms with Gasteiger partial charge < -0.3 is 10.6 Å². The molecule has 1 saturated carbocycles. The van der Waals surface area contributed by atoms with Gasteiger partial charge in [0.2, 0.25) is 5.91 Å². The van der Waals surface area contributed by atoms with Crippen molar-refractivity contribution in [3.05, 3.63) is 12.4 Å². The van der Waals surface area contributed by atoms with Crippen molar-refractivity contribution in [2.45, 2.75) is 51.7 Å². The van der Waals surface area contributed by atoms with Crippen molar-refractivity contribution in [1.29, 1.82) is 0 Å². The summed E-state index contributed by atoms with van der Waals surface area (Å²) in [7, 11) is 0. The summed E-state index contributed by atoms with van der Waals surface area (Å²) in [5.74, 6) is 0.0655. The van der Waals surface area contributed by atoms with Crippen LogP contribution in [0, 0.1) is 0 Å². The summed E-state index contributed by atoms with van der Waals surface area (Å²) in [6, 6.07) is 0.199. The van der Waals surface area contributed by atoms with Gasteiger partial charge >= 0.3 is 0 Å². The van der Waals surface area contributed by atoms with Crippen LogP contribution in [0.4, 0.5) is 5.69 Å². The van der Waals surface area contributed by atoms with Gasteiger partial charge in [0.25, 0.3) is 0 Å². The summed E-state index contributed by atoms with van der Waals surface area (Å²) < 4.78 is 1.88. The molecule has 0 spiro atoms. The Hall–Kier alpha value is -1.52. The largest absolute Gasteiger partial charge is 0.371 e. The van der Waals surface area contributed by atoms with Gasteiger partial charge in [0.15, 0.2) is 0 Å². The number of carbonyl (C=O) groups excluding carboxylic acids is 1. The van der Waals surface area contributed by atoms with Gasteiger partial charge in [-0.05, 0) is 26.2 Å². The summed E-state index contributed by atoms with van der Waals surface area (Å²) in [6.45, 7) is 4.89. The van der Waals surface area contributed by atoms with Gasteiger partial charge in [-0.15, -0.1) is 0 Å². The summed E-state index contributed by atoms with van der Waals surface area (Å²) in [6.07, 6.45) is 6.99. The average Bonchev–Trinajstić information content (AvgIpc) is 3.00. The van der Waals surface area contributed by atoms with Crippen LogP contribution in [0.15, 0.2) is 12.4 Å². The molecule has 2 rings (SSSR count). The zero-order valence-corrected chi connectivity index (χ0v) is 10.4. The lowest BCUT2D eigenvalue weighted by Crippen LogP contribution is -2.38. The monoisotopic (exact) mass is 236 g/mol. The molecular weight excluding hydrogens is 216 g/mol. The van der Waals surface area contributed by atoms with Crippen LogP contribution >= 0.6 is 0 Å². The molecule has 5 heteroatoms. The zero-order chi connectivity index (χ0) is 12.3. The first-order valence-electron chi connectivity index (χ1n) is 6.28. The minimum atomic E-state index is -0.213. The smallest absolute Gasteiger partial charge is 0.242 e. The number of nitrogens with zero attached hydrogens (tertiary/aromatic N) is 2. The highest BCUT2D eigenvalue weighted by atomic mass is 16.2. The molecule has 0 unspecified atom stereocenters. The molecule has 0 bridgehead atoms. The molecule has 1 amide bonds. The van der Waals surface area contributed by atoms with Gasteiger partial charge in [0.1, 0.15) is 6.04 Å². The van der Waals surface area contributed by atoms with E-state index in [1.165, 1.54) is 0 Å². The van der Waals surface area contributed by atoms with Crippen molar-refractivity contribution in [2.75, 3.05) is 5.32 Å². The third-order valence-electron chi connectivity index (χ3n) is 2.79. The summed E-state index contributed by atoms with van der Waals surface area (Å²) in [5, 5.41) is 10.3. The summed E-state index contributed by atoms with van der Waals surface area (Å²) >= 11 is 0. The molecule has 1 aliphatic carbocycles. The van der Waals surface area contributed by atoms with E-state index in [2.05, 4.69) is 22.7 Å². The molecule has 1 atom stereocenters. The van der Waals surface area contributed by atoms with Crippen molar-refractivity contribution in [1.82, 2.24) is 15.1 Å². The maximum atomic E-state index is 11.7. The fourth-order valence-corrected chi connectivity index (χ4v) is 1.66. The molecule has 1 aromatic rings. The van der Waals surface area contributed by atoms with Crippen molar-refractivity contribution in [3.63, 3.8) is 0 Å². The van der Waals surface area contributed by atoms with Gasteiger partial charge in [-0.2, -0.15) is 5.10 Å². The van der Waals surface area contributed by atoms with E-state index in [0.717, 1.165) is 31.5 Å². The molecule has 94 valence electrons. The zero-order valence-electron chi connectivity index (χ0n) is 10.4. The molecular formula is C12H20N4O. The Morgan fingerprint density at radius 3 is 3.06 bits per heavy atom. The Kier molecular flexibility index (Phi) is 3.66. The van der Waals surface area contributed by atoms with E-state index >= 15 is 0 Å². The lowest BCUT2D eigenvalue weighted by molar-refractivity contribution is -0.121. The fraction of sp³-hybridized carbons (Fsp3) is 0.667. The summed E-state index contributed by atoms with van der Waals surface area (Å²) in [5.41, 5.74) is 0.900. The predicted molar refractivity (Wildman–Crippen MR) is 66.8 cm³/mol. The number of carbonyl (C=O) groups is 1. The van der Waals surface area contributed by atoms with Gasteiger partial charge in [0.05, 0.1) is 11.9 Å². The van der Waals surface area contributed by atoms with E-state index in [1.807, 2.05) is 17.8 Å². The molecule has 1 aliphatic rings. The molecule has 17 heavy (non-hydrogen) atoms. The quantitative estimate of drug-likeness (QED) is 0.784. The number of hydrogen-bond acceptors (Lipinski definition) is 3. The molecule has 5 nitrogen and oxygen atoms in total. The highest BCUT2D eigenvalue weighted by Gasteiger charge is 2.25. The Labute approximate surface area is 102 Å². The Balaban J connectivity index is 1.83. The standard InChI is InChI=1S/C12H20N4O/c1-3-6-16-8-11(7-13-16)14-9(2)12(17)15-10-4-5-10/h7-10,14H,3-6H2,1-2H3,(H,15,17)/t9-/m0/s1. The molecule has 0 aliphatic heterocycles. The number of nitrogens with one attached hydrogen (secondary N) is 2. The maximum Gasteiger partial charge on any atom is 0.242 e. The van der Waals surface area contributed by atoms with Crippen LogP contribution in [0.2, 0.25) is 0 Å². The van der Waals surface area contributed by atoms with Crippen LogP contribution in [0.5, 0.6) is 0 Å². The van der Waals surface area contributed by atoms with E-state index in [4.69, 9.17) is 0 Å². The Morgan fingerprint density at radius 2 is 2.41 bits per heavy atom. The molecule has 0 saturated heterocycles. The summed E-state index contributed by atoms with van der Waals surface area (Å²) in [4.78, 5) is 11.7. The van der Waals surface area contributed by atoms with Gasteiger partial charge in [-0.25, -0.2) is 0 Å². The van der Waals surface area contributed by atoms with Crippen LogP contribution in [0.3, 0.4) is 0 Å². The average molecular weight is 236 g/mol. The number of rotatable bonds is 6. The first kappa shape index (κ1) is 12.0. The normalized spacial score (nSPS) is 16.6. The van der Waals surface area contributed by atoms with Crippen molar-refractivity contribution >= 4 is 11.6 Å². The highest BCUT2D eigenvalue weighted by Crippen LogP contribution is 2.19. The molecule has 0 radical (unpaired) electrons. The van der Waals surface area contributed by atoms with Crippen LogP contribution in [-0.2, 0) is 11.3 Å². The number of aromatic nitrogens is 2. The van der Waals surface area contributed by atoms with Crippen molar-refractivity contribution < 1.29 is 4.79 Å². The fourth-order valence-electron chi connectivity index (χ4n) is 1.66. The molecule has 1 aromatic heterocycles. The molecule has 0 aromatic carbocycles. The van der Waals surface area contributed by atoms with E-state index in [-0.39, 0.29) is 11.9 Å². The van der Waals surface area contributed by atoms with Gasteiger partial charge in [-0.1, -0.05) is 6.92 Å². The number of hydrogen-bond donors (Lipinski definition) is 2. The Morgan fingerprint density at radius 1 is 1.65 bits per heavy atom. The highest BCUT2D eigenvalue weighted by molar-refractivity contribution is 5.84. The Bertz CT molecular complexity index is 384. The second kappa shape index (κ2) is 5.21. The van der Waals surface area contributed by atoms with Crippen LogP contribution in [0.25, 0.3) is 0 Å². The van der Waals surface area contributed by atoms with E-state index in [0.29, 0.717) is 6.04 Å². The van der Waals surface area contributed by atoms with Gasteiger partial charge in [-0.3, -0.25) is 9.48 Å². The lowest BCUT2D eigenvalue weighted by atomic mass is 10.3. The maximum absolute atomic E-state index is 11.7. The first-order valence-corrected chi connectivity index (χ1v) is 6.28. The third-order valence-corrected chi connectivity index (χ3v) is 2.79. The third kappa shape index (κ3) is 3.47. The van der Waals surface area contributed by atoms with Crippen LogP contribution < -0.4 is 10.6 Å². The van der Waals surface area contributed by atoms with Crippen molar-refractivity contribution in [3.8, 4) is 0 Å². The van der Waals surface area contributed by atoms with Crippen molar-refractivity contribution in [2.24, 2.45) is 0 Å². The second-order valence-corrected chi connectivity index (χ2v) is 4.64. The number of aryl methyl sites for hydroxylation is 1. The van der Waals surface area contributed by atoms with E-state index in [1.54, 1.807) is 6.20 Å². The SMILES string of the molecule is CCCn1cc(N[C@@H](C)C(=O)NC2CC2)cn1. The van der Waals surface area contributed by atoms with E-state index in [9.17, 15) is 4.79 Å². The molecule has 2 N–H and O–H groups in total. The lowest BCUT2D eigenvalue weighted by Gasteiger charge is -2.13. The number of anilines is 1. The molecule has 1 fully saturated rings. The molecule has 1 heterocycles. The van der Waals surface area contributed by atoms with E-state index < -0.39 is 0 Å². The minimum Gasteiger partial charge on any atom is -0.371 e. The number of amides is 1. The predicted octanol–water partition coefficient (Wildman–Crippen LogP) is 1.37.